The molecule has 0 aromatic heterocycles. The molecule has 8 heteroatoms. The van der Waals surface area contributed by atoms with Crippen molar-refractivity contribution in [2.24, 2.45) is 0 Å². The zero-order valence-electron chi connectivity index (χ0n) is 12.3. The molecule has 2 aliphatic rings. The Bertz CT molecular complexity index is 727. The molecule has 1 atom stereocenters. The molecule has 22 heavy (non-hydrogen) atoms. The Morgan fingerprint density at radius 3 is 2.41 bits per heavy atom. The van der Waals surface area contributed by atoms with E-state index in [1.807, 2.05) is 0 Å². The lowest BCUT2D eigenvalue weighted by atomic mass is 10.0. The van der Waals surface area contributed by atoms with Gasteiger partial charge >= 0.3 is 5.97 Å². The summed E-state index contributed by atoms with van der Waals surface area (Å²) in [5.41, 5.74) is 0.452. The molecule has 1 aromatic carbocycles. The molecular weight excluding hydrogens is 310 g/mol. The third-order valence-corrected chi connectivity index (χ3v) is 5.96. The zero-order chi connectivity index (χ0) is 16.1. The van der Waals surface area contributed by atoms with Gasteiger partial charge in [-0.1, -0.05) is 0 Å². The monoisotopic (exact) mass is 327 g/mol. The summed E-state index contributed by atoms with van der Waals surface area (Å²) in [4.78, 5) is 11.6. The van der Waals surface area contributed by atoms with Gasteiger partial charge in [-0.05, 0) is 25.5 Å². The molecule has 7 nitrogen and oxygen atoms in total. The lowest BCUT2D eigenvalue weighted by Gasteiger charge is -2.36. The zero-order valence-corrected chi connectivity index (χ0v) is 13.1. The molecule has 2 heterocycles. The Balaban J connectivity index is 2.19. The first-order chi connectivity index (χ1) is 10.3. The summed E-state index contributed by atoms with van der Waals surface area (Å²) in [5, 5.41) is 9.39. The number of hydrogen-bond acceptors (Lipinski definition) is 5. The maximum Gasteiger partial charge on any atom is 0.322 e. The second kappa shape index (κ2) is 5.13. The first kappa shape index (κ1) is 15.1. The van der Waals surface area contributed by atoms with Crippen molar-refractivity contribution in [3.8, 4) is 11.5 Å². The number of carboxylic acid groups (broad SMARTS) is 1. The van der Waals surface area contributed by atoms with Gasteiger partial charge in [-0.25, -0.2) is 8.42 Å². The van der Waals surface area contributed by atoms with E-state index in [0.29, 0.717) is 30.3 Å². The van der Waals surface area contributed by atoms with Crippen molar-refractivity contribution < 1.29 is 27.8 Å². The molecule has 3 rings (SSSR count). The van der Waals surface area contributed by atoms with Crippen LogP contribution >= 0.6 is 0 Å². The van der Waals surface area contributed by atoms with Crippen LogP contribution in [0.1, 0.15) is 19.4 Å². The summed E-state index contributed by atoms with van der Waals surface area (Å²) < 4.78 is 37.5. The fraction of sp³-hybridized carbons (Fsp3) is 0.500. The highest BCUT2D eigenvalue weighted by Gasteiger charge is 2.44. The van der Waals surface area contributed by atoms with Gasteiger partial charge in [0.25, 0.3) is 0 Å². The van der Waals surface area contributed by atoms with E-state index >= 15 is 0 Å². The van der Waals surface area contributed by atoms with Gasteiger partial charge in [-0.15, -0.1) is 0 Å². The van der Waals surface area contributed by atoms with Crippen LogP contribution in [0.3, 0.4) is 0 Å². The fourth-order valence-electron chi connectivity index (χ4n) is 2.92. The standard InChI is InChI=1S/C14H17NO6S/c1-8(2)15-10(14(16)17)5-9-6-11-12(21-4-3-20-11)7-13(9)22(15,18)19/h6-8,10H,3-5H2,1-2H3,(H,16,17). The Hall–Kier alpha value is -1.80. The second-order valence-electron chi connectivity index (χ2n) is 5.59. The number of sulfonamides is 1. The first-order valence-electron chi connectivity index (χ1n) is 7.01. The van der Waals surface area contributed by atoms with Crippen LogP contribution in [-0.2, 0) is 21.2 Å². The topological polar surface area (TPSA) is 93.1 Å². The summed E-state index contributed by atoms with van der Waals surface area (Å²) in [7, 11) is -3.89. The molecule has 120 valence electrons. The molecule has 0 saturated carbocycles. The van der Waals surface area contributed by atoms with Crippen molar-refractivity contribution in [2.45, 2.75) is 37.2 Å². The third-order valence-electron chi connectivity index (χ3n) is 3.80. The molecule has 1 N–H and O–H groups in total. The molecule has 0 saturated heterocycles. The Morgan fingerprint density at radius 2 is 1.86 bits per heavy atom. The van der Waals surface area contributed by atoms with E-state index < -0.39 is 28.1 Å². The van der Waals surface area contributed by atoms with Crippen molar-refractivity contribution >= 4 is 16.0 Å². The molecule has 0 aliphatic carbocycles. The van der Waals surface area contributed by atoms with Crippen LogP contribution in [-0.4, -0.2) is 49.1 Å². The SMILES string of the molecule is CC(C)N1C(C(=O)O)Cc2cc3c(cc2S1(=O)=O)OCCO3. The van der Waals surface area contributed by atoms with Gasteiger partial charge in [0.15, 0.2) is 11.5 Å². The number of hydrogen-bond donors (Lipinski definition) is 1. The lowest BCUT2D eigenvalue weighted by Crippen LogP contribution is -2.52. The number of carboxylic acids is 1. The highest BCUT2D eigenvalue weighted by atomic mass is 32.2. The third kappa shape index (κ3) is 2.22. The maximum atomic E-state index is 12.8. The Labute approximate surface area is 128 Å². The van der Waals surface area contributed by atoms with E-state index in [2.05, 4.69) is 0 Å². The van der Waals surface area contributed by atoms with Crippen molar-refractivity contribution in [1.82, 2.24) is 4.31 Å². The molecule has 0 bridgehead atoms. The number of fused-ring (bicyclic) bond motifs is 2. The number of benzene rings is 1. The van der Waals surface area contributed by atoms with E-state index in [0.717, 1.165) is 4.31 Å². The minimum Gasteiger partial charge on any atom is -0.486 e. The molecule has 0 fully saturated rings. The summed E-state index contributed by atoms with van der Waals surface area (Å²) in [6.45, 7) is 4.07. The number of carbonyl (C=O) groups is 1. The first-order valence-corrected chi connectivity index (χ1v) is 8.45. The van der Waals surface area contributed by atoms with Gasteiger partial charge in [0.2, 0.25) is 10.0 Å². The van der Waals surface area contributed by atoms with E-state index in [1.54, 1.807) is 19.9 Å². The Morgan fingerprint density at radius 1 is 1.27 bits per heavy atom. The van der Waals surface area contributed by atoms with Gasteiger partial charge in [0.1, 0.15) is 19.3 Å². The highest BCUT2D eigenvalue weighted by molar-refractivity contribution is 7.89. The van der Waals surface area contributed by atoms with Crippen LogP contribution < -0.4 is 9.47 Å². The number of aliphatic carboxylic acids is 1. The predicted molar refractivity (Wildman–Crippen MR) is 76.7 cm³/mol. The lowest BCUT2D eigenvalue weighted by molar-refractivity contribution is -0.142. The van der Waals surface area contributed by atoms with Crippen LogP contribution in [0.2, 0.25) is 0 Å². The van der Waals surface area contributed by atoms with Crippen molar-refractivity contribution in [3.63, 3.8) is 0 Å². The van der Waals surface area contributed by atoms with Crippen LogP contribution in [0.25, 0.3) is 0 Å². The summed E-state index contributed by atoms with van der Waals surface area (Å²) in [6.07, 6.45) is 0.110. The average molecular weight is 327 g/mol. The predicted octanol–water partition coefficient (Wildman–Crippen LogP) is 0.866. The molecule has 1 aromatic rings. The van der Waals surface area contributed by atoms with E-state index in [9.17, 15) is 18.3 Å². The minimum atomic E-state index is -3.89. The minimum absolute atomic E-state index is 0.1000. The second-order valence-corrected chi connectivity index (χ2v) is 7.40. The van der Waals surface area contributed by atoms with Gasteiger partial charge in [-0.2, -0.15) is 4.31 Å². The van der Waals surface area contributed by atoms with Gasteiger partial charge in [0, 0.05) is 18.5 Å². The van der Waals surface area contributed by atoms with Gasteiger partial charge in [-0.3, -0.25) is 4.79 Å². The number of nitrogens with zero attached hydrogens (tertiary/aromatic N) is 1. The van der Waals surface area contributed by atoms with Crippen molar-refractivity contribution in [1.29, 1.82) is 0 Å². The van der Waals surface area contributed by atoms with Gasteiger partial charge < -0.3 is 14.6 Å². The fourth-order valence-corrected chi connectivity index (χ4v) is 4.94. The molecular formula is C14H17NO6S. The molecule has 2 aliphatic heterocycles. The average Bonchev–Trinajstić information content (AvgIpc) is 2.44. The maximum absolute atomic E-state index is 12.8. The van der Waals surface area contributed by atoms with E-state index in [1.165, 1.54) is 6.07 Å². The molecule has 1 unspecified atom stereocenters. The quantitative estimate of drug-likeness (QED) is 0.866. The van der Waals surface area contributed by atoms with Crippen molar-refractivity contribution in [3.05, 3.63) is 17.7 Å². The number of ether oxygens (including phenoxy) is 2. The summed E-state index contributed by atoms with van der Waals surface area (Å²) in [5.74, 6) is -0.314. The molecule has 0 amide bonds. The summed E-state index contributed by atoms with van der Waals surface area (Å²) >= 11 is 0. The summed E-state index contributed by atoms with van der Waals surface area (Å²) in [6, 6.07) is 1.45. The molecule has 0 spiro atoms. The Kier molecular flexibility index (Phi) is 3.53. The van der Waals surface area contributed by atoms with Crippen LogP contribution in [0.15, 0.2) is 17.0 Å². The van der Waals surface area contributed by atoms with Gasteiger partial charge in [0.05, 0.1) is 4.90 Å². The van der Waals surface area contributed by atoms with Crippen LogP contribution in [0.5, 0.6) is 11.5 Å². The van der Waals surface area contributed by atoms with Crippen LogP contribution in [0.4, 0.5) is 0 Å². The van der Waals surface area contributed by atoms with Crippen molar-refractivity contribution in [2.75, 3.05) is 13.2 Å². The van der Waals surface area contributed by atoms with E-state index in [-0.39, 0.29) is 11.3 Å². The smallest absolute Gasteiger partial charge is 0.322 e. The molecule has 0 radical (unpaired) electrons. The normalized spacial score (nSPS) is 23.1. The van der Waals surface area contributed by atoms with Crippen LogP contribution in [0, 0.1) is 0 Å². The van der Waals surface area contributed by atoms with E-state index in [4.69, 9.17) is 9.47 Å². The number of rotatable bonds is 2. The largest absolute Gasteiger partial charge is 0.486 e. The highest BCUT2D eigenvalue weighted by Crippen LogP contribution is 2.40.